The molecule has 0 unspecified atom stereocenters. The number of anilines is 1. The fourth-order valence-electron chi connectivity index (χ4n) is 1.80. The minimum absolute atomic E-state index is 0.928. The first kappa shape index (κ1) is 9.06. The van der Waals surface area contributed by atoms with E-state index in [0.717, 1.165) is 18.8 Å². The third-order valence-electron chi connectivity index (χ3n) is 2.50. The average Bonchev–Trinajstić information content (AvgIpc) is 2.71. The molecular weight excluding hydrogens is 174 g/mol. The predicted molar refractivity (Wildman–Crippen MR) is 58.9 cm³/mol. The van der Waals surface area contributed by atoms with Gasteiger partial charge in [-0.2, -0.15) is 0 Å². The number of pyridine rings is 1. The molecule has 0 bridgehead atoms. The van der Waals surface area contributed by atoms with Crippen LogP contribution in [0.3, 0.4) is 0 Å². The van der Waals surface area contributed by atoms with Crippen molar-refractivity contribution < 1.29 is 0 Å². The first-order chi connectivity index (χ1) is 6.90. The van der Waals surface area contributed by atoms with E-state index in [4.69, 9.17) is 5.73 Å². The highest BCUT2D eigenvalue weighted by Crippen LogP contribution is 2.20. The summed E-state index contributed by atoms with van der Waals surface area (Å²) in [6, 6.07) is 4.13. The van der Waals surface area contributed by atoms with E-state index < -0.39 is 0 Å². The van der Waals surface area contributed by atoms with Crippen LogP contribution in [0.4, 0.5) is 5.69 Å². The Morgan fingerprint density at radius 2 is 2.14 bits per heavy atom. The number of rotatable bonds is 2. The van der Waals surface area contributed by atoms with Gasteiger partial charge in [-0.1, -0.05) is 0 Å². The van der Waals surface area contributed by atoms with E-state index in [9.17, 15) is 0 Å². The van der Waals surface area contributed by atoms with Crippen LogP contribution in [0.15, 0.2) is 24.5 Å². The maximum absolute atomic E-state index is 5.33. The van der Waals surface area contributed by atoms with Crippen LogP contribution in [0.2, 0.25) is 0 Å². The van der Waals surface area contributed by atoms with Gasteiger partial charge in [0.2, 0.25) is 0 Å². The smallest absolute Gasteiger partial charge is 0.0664 e. The summed E-state index contributed by atoms with van der Waals surface area (Å²) in [7, 11) is 0. The summed E-state index contributed by atoms with van der Waals surface area (Å²) in [4.78, 5) is 6.59. The van der Waals surface area contributed by atoms with Gasteiger partial charge in [0.15, 0.2) is 0 Å². The Morgan fingerprint density at radius 1 is 1.36 bits per heavy atom. The largest absolute Gasteiger partial charge is 0.405 e. The van der Waals surface area contributed by atoms with Crippen LogP contribution in [0, 0.1) is 0 Å². The molecule has 74 valence electrons. The van der Waals surface area contributed by atoms with Crippen molar-refractivity contribution in [3.63, 3.8) is 0 Å². The molecular formula is C11H15N3. The molecule has 0 spiro atoms. The van der Waals surface area contributed by atoms with E-state index in [-0.39, 0.29) is 0 Å². The number of hydrogen-bond donors (Lipinski definition) is 1. The van der Waals surface area contributed by atoms with Gasteiger partial charge in [0.25, 0.3) is 0 Å². The van der Waals surface area contributed by atoms with Crippen molar-refractivity contribution in [1.29, 1.82) is 0 Å². The van der Waals surface area contributed by atoms with Gasteiger partial charge >= 0.3 is 0 Å². The highest BCUT2D eigenvalue weighted by atomic mass is 15.1. The minimum atomic E-state index is 0.928. The Labute approximate surface area is 84.2 Å². The monoisotopic (exact) mass is 189 g/mol. The molecule has 1 saturated heterocycles. The lowest BCUT2D eigenvalue weighted by Crippen LogP contribution is -2.17. The number of nitrogens with two attached hydrogens (primary N) is 1. The Bertz CT molecular complexity index is 327. The molecule has 0 aromatic carbocycles. The molecule has 1 aliphatic heterocycles. The predicted octanol–water partition coefficient (Wildman–Crippen LogP) is 1.61. The molecule has 0 saturated carbocycles. The van der Waals surface area contributed by atoms with Crippen LogP contribution in [-0.2, 0) is 0 Å². The van der Waals surface area contributed by atoms with Crippen molar-refractivity contribution in [1.82, 2.24) is 4.98 Å². The molecule has 3 nitrogen and oxygen atoms in total. The molecule has 0 radical (unpaired) electrons. The molecule has 0 aliphatic carbocycles. The summed E-state index contributed by atoms with van der Waals surface area (Å²) in [5.74, 6) is 0. The second kappa shape index (κ2) is 4.13. The zero-order valence-corrected chi connectivity index (χ0v) is 8.19. The van der Waals surface area contributed by atoms with Crippen LogP contribution in [0.1, 0.15) is 18.5 Å². The van der Waals surface area contributed by atoms with Gasteiger partial charge in [0, 0.05) is 25.0 Å². The SMILES string of the molecule is N/C=C\c1cc(N2CCCC2)ccn1. The molecule has 0 amide bonds. The molecule has 1 aromatic rings. The van der Waals surface area contributed by atoms with Gasteiger partial charge in [-0.25, -0.2) is 0 Å². The molecule has 2 heterocycles. The van der Waals surface area contributed by atoms with E-state index in [1.165, 1.54) is 24.7 Å². The van der Waals surface area contributed by atoms with Gasteiger partial charge in [-0.3, -0.25) is 4.98 Å². The quantitative estimate of drug-likeness (QED) is 0.768. The first-order valence-electron chi connectivity index (χ1n) is 4.99. The normalized spacial score (nSPS) is 16.7. The number of nitrogens with zero attached hydrogens (tertiary/aromatic N) is 2. The maximum Gasteiger partial charge on any atom is 0.0664 e. The van der Waals surface area contributed by atoms with Crippen LogP contribution in [-0.4, -0.2) is 18.1 Å². The summed E-state index contributed by atoms with van der Waals surface area (Å²) < 4.78 is 0. The van der Waals surface area contributed by atoms with E-state index in [1.807, 2.05) is 12.3 Å². The second-order valence-electron chi connectivity index (χ2n) is 3.49. The average molecular weight is 189 g/mol. The fraction of sp³-hybridized carbons (Fsp3) is 0.364. The minimum Gasteiger partial charge on any atom is -0.405 e. The summed E-state index contributed by atoms with van der Waals surface area (Å²) in [5.41, 5.74) is 7.51. The van der Waals surface area contributed by atoms with Crippen molar-refractivity contribution in [3.8, 4) is 0 Å². The van der Waals surface area contributed by atoms with Gasteiger partial charge < -0.3 is 10.6 Å². The van der Waals surface area contributed by atoms with E-state index in [1.54, 1.807) is 0 Å². The highest BCUT2D eigenvalue weighted by molar-refractivity contribution is 5.54. The molecule has 0 atom stereocenters. The van der Waals surface area contributed by atoms with Gasteiger partial charge in [-0.05, 0) is 37.3 Å². The van der Waals surface area contributed by atoms with E-state index in [2.05, 4.69) is 22.0 Å². The van der Waals surface area contributed by atoms with Crippen molar-refractivity contribution in [2.75, 3.05) is 18.0 Å². The van der Waals surface area contributed by atoms with E-state index in [0.29, 0.717) is 0 Å². The highest BCUT2D eigenvalue weighted by Gasteiger charge is 2.11. The van der Waals surface area contributed by atoms with Crippen LogP contribution >= 0.6 is 0 Å². The third kappa shape index (κ3) is 1.87. The zero-order valence-electron chi connectivity index (χ0n) is 8.19. The lowest BCUT2D eigenvalue weighted by Gasteiger charge is -2.17. The second-order valence-corrected chi connectivity index (χ2v) is 3.49. The van der Waals surface area contributed by atoms with E-state index >= 15 is 0 Å². The number of aromatic nitrogens is 1. The van der Waals surface area contributed by atoms with Gasteiger partial charge in [-0.15, -0.1) is 0 Å². The molecule has 1 aromatic heterocycles. The molecule has 2 rings (SSSR count). The van der Waals surface area contributed by atoms with Crippen molar-refractivity contribution in [2.24, 2.45) is 5.73 Å². The molecule has 1 aliphatic rings. The summed E-state index contributed by atoms with van der Waals surface area (Å²) >= 11 is 0. The Morgan fingerprint density at radius 3 is 2.86 bits per heavy atom. The lowest BCUT2D eigenvalue weighted by molar-refractivity contribution is 0.949. The Kier molecular flexibility index (Phi) is 2.68. The summed E-state index contributed by atoms with van der Waals surface area (Å²) in [6.45, 7) is 2.32. The maximum atomic E-state index is 5.33. The standard InChI is InChI=1S/C11H15N3/c12-5-3-10-9-11(4-6-13-10)14-7-1-2-8-14/h3-6,9H,1-2,7-8,12H2/b5-3-. The van der Waals surface area contributed by atoms with Crippen LogP contribution in [0.25, 0.3) is 6.08 Å². The summed E-state index contributed by atoms with van der Waals surface area (Å²) in [5, 5.41) is 0. The zero-order chi connectivity index (χ0) is 9.80. The number of hydrogen-bond acceptors (Lipinski definition) is 3. The Hall–Kier alpha value is -1.51. The van der Waals surface area contributed by atoms with Gasteiger partial charge in [0.05, 0.1) is 5.69 Å². The molecule has 2 N–H and O–H groups in total. The summed E-state index contributed by atoms with van der Waals surface area (Å²) in [6.07, 6.45) is 7.77. The third-order valence-corrected chi connectivity index (χ3v) is 2.50. The first-order valence-corrected chi connectivity index (χ1v) is 4.99. The van der Waals surface area contributed by atoms with Crippen LogP contribution in [0.5, 0.6) is 0 Å². The van der Waals surface area contributed by atoms with Crippen molar-refractivity contribution >= 4 is 11.8 Å². The van der Waals surface area contributed by atoms with Crippen LogP contribution < -0.4 is 10.6 Å². The molecule has 3 heteroatoms. The Balaban J connectivity index is 2.20. The topological polar surface area (TPSA) is 42.1 Å². The lowest BCUT2D eigenvalue weighted by atomic mass is 10.3. The van der Waals surface area contributed by atoms with Crippen molar-refractivity contribution in [2.45, 2.75) is 12.8 Å². The van der Waals surface area contributed by atoms with Gasteiger partial charge in [0.1, 0.15) is 0 Å². The fourth-order valence-corrected chi connectivity index (χ4v) is 1.80. The molecule has 14 heavy (non-hydrogen) atoms. The molecule has 1 fully saturated rings. The van der Waals surface area contributed by atoms with Crippen molar-refractivity contribution in [3.05, 3.63) is 30.2 Å².